The van der Waals surface area contributed by atoms with Gasteiger partial charge in [-0.05, 0) is 38.3 Å². The number of thiazole rings is 1. The van der Waals surface area contributed by atoms with E-state index in [-0.39, 0.29) is 5.41 Å². The largest absolute Gasteiger partial charge is 0.340 e. The first kappa shape index (κ1) is 14.8. The Balaban J connectivity index is 1.73. The number of hydrogen-bond acceptors (Lipinski definition) is 4. The topological polar surface area (TPSA) is 54.5 Å². The number of hydrogen-bond donors (Lipinski definition) is 1. The Morgan fingerprint density at radius 2 is 2.00 bits per heavy atom. The predicted molar refractivity (Wildman–Crippen MR) is 93.9 cm³/mol. The Kier molecular flexibility index (Phi) is 3.68. The number of nitrogens with one attached hydrogen (secondary N) is 1. The minimum atomic E-state index is 0.200. The summed E-state index contributed by atoms with van der Waals surface area (Å²) in [7, 11) is 0. The molecule has 1 N–H and O–H groups in total. The maximum atomic E-state index is 4.76. The zero-order valence-electron chi connectivity index (χ0n) is 13.7. The van der Waals surface area contributed by atoms with E-state index in [9.17, 15) is 0 Å². The first-order valence-corrected chi connectivity index (χ1v) is 9.21. The summed E-state index contributed by atoms with van der Waals surface area (Å²) in [6.45, 7) is 4.20. The number of imidazole rings is 1. The maximum Gasteiger partial charge on any atom is 0.177 e. The van der Waals surface area contributed by atoms with Crippen LogP contribution in [0.5, 0.6) is 0 Å². The van der Waals surface area contributed by atoms with Gasteiger partial charge in [0.2, 0.25) is 0 Å². The average molecular weight is 326 g/mol. The molecule has 1 aliphatic carbocycles. The van der Waals surface area contributed by atoms with Gasteiger partial charge < -0.3 is 4.98 Å². The summed E-state index contributed by atoms with van der Waals surface area (Å²) >= 11 is 1.85. The number of aromatic nitrogens is 4. The molecule has 0 radical (unpaired) electrons. The number of H-pyrrole nitrogens is 1. The fourth-order valence-corrected chi connectivity index (χ4v) is 4.85. The van der Waals surface area contributed by atoms with Crippen molar-refractivity contribution in [1.82, 2.24) is 19.9 Å². The normalized spacial score (nSPS) is 17.7. The lowest BCUT2D eigenvalue weighted by atomic mass is 9.71. The molecule has 3 aromatic rings. The van der Waals surface area contributed by atoms with E-state index in [1.165, 1.54) is 42.5 Å². The predicted octanol–water partition coefficient (Wildman–Crippen LogP) is 4.48. The van der Waals surface area contributed by atoms with Crippen LogP contribution < -0.4 is 0 Å². The molecule has 1 aliphatic rings. The van der Waals surface area contributed by atoms with Gasteiger partial charge in [-0.25, -0.2) is 15.0 Å². The lowest BCUT2D eigenvalue weighted by Crippen LogP contribution is -2.31. The lowest BCUT2D eigenvalue weighted by molar-refractivity contribution is 0.291. The van der Waals surface area contributed by atoms with Crippen LogP contribution in [-0.2, 0) is 11.8 Å². The van der Waals surface area contributed by atoms with Gasteiger partial charge in [-0.2, -0.15) is 0 Å². The number of fused-ring (bicyclic) bond motifs is 1. The number of pyridine rings is 1. The zero-order valence-corrected chi connectivity index (χ0v) is 14.5. The van der Waals surface area contributed by atoms with Crippen molar-refractivity contribution in [2.24, 2.45) is 0 Å². The third-order valence-corrected chi connectivity index (χ3v) is 6.27. The molecule has 23 heavy (non-hydrogen) atoms. The quantitative estimate of drug-likeness (QED) is 0.772. The molecule has 0 bridgehead atoms. The van der Waals surface area contributed by atoms with E-state index in [2.05, 4.69) is 35.0 Å². The van der Waals surface area contributed by atoms with Crippen LogP contribution in [0.1, 0.15) is 53.4 Å². The van der Waals surface area contributed by atoms with E-state index in [4.69, 9.17) is 4.98 Å². The molecule has 0 spiro atoms. The highest BCUT2D eigenvalue weighted by atomic mass is 32.1. The molecular formula is C18H22N4S. The van der Waals surface area contributed by atoms with Crippen molar-refractivity contribution in [1.29, 1.82) is 0 Å². The number of aromatic amines is 1. The van der Waals surface area contributed by atoms with Crippen molar-refractivity contribution in [3.05, 3.63) is 39.7 Å². The molecular weight excluding hydrogens is 304 g/mol. The highest BCUT2D eigenvalue weighted by Crippen LogP contribution is 2.44. The van der Waals surface area contributed by atoms with Crippen LogP contribution in [0.25, 0.3) is 11.2 Å². The van der Waals surface area contributed by atoms with Gasteiger partial charge in [0.1, 0.15) is 5.82 Å². The highest BCUT2D eigenvalue weighted by Gasteiger charge is 2.36. The van der Waals surface area contributed by atoms with Crippen molar-refractivity contribution in [3.8, 4) is 0 Å². The highest BCUT2D eigenvalue weighted by molar-refractivity contribution is 7.11. The summed E-state index contributed by atoms with van der Waals surface area (Å²) in [5.74, 6) is 1.06. The van der Waals surface area contributed by atoms with Crippen LogP contribution >= 0.6 is 11.3 Å². The molecule has 0 aliphatic heterocycles. The van der Waals surface area contributed by atoms with E-state index in [0.717, 1.165) is 28.4 Å². The summed E-state index contributed by atoms with van der Waals surface area (Å²) < 4.78 is 0. The molecule has 0 saturated heterocycles. The monoisotopic (exact) mass is 326 g/mol. The molecule has 4 rings (SSSR count). The zero-order chi connectivity index (χ0) is 15.9. The van der Waals surface area contributed by atoms with Gasteiger partial charge >= 0.3 is 0 Å². The van der Waals surface area contributed by atoms with Gasteiger partial charge in [0, 0.05) is 29.1 Å². The Morgan fingerprint density at radius 1 is 1.17 bits per heavy atom. The van der Waals surface area contributed by atoms with Crippen LogP contribution in [-0.4, -0.2) is 19.9 Å². The van der Waals surface area contributed by atoms with Crippen LogP contribution in [0.15, 0.2) is 18.5 Å². The van der Waals surface area contributed by atoms with Crippen LogP contribution in [0, 0.1) is 13.8 Å². The van der Waals surface area contributed by atoms with Crippen LogP contribution in [0.2, 0.25) is 0 Å². The minimum absolute atomic E-state index is 0.200. The van der Waals surface area contributed by atoms with Crippen molar-refractivity contribution < 1.29 is 0 Å². The van der Waals surface area contributed by atoms with Crippen LogP contribution in [0.3, 0.4) is 0 Å². The van der Waals surface area contributed by atoms with Gasteiger partial charge in [-0.1, -0.05) is 19.3 Å². The van der Waals surface area contributed by atoms with Gasteiger partial charge in [0.25, 0.3) is 0 Å². The van der Waals surface area contributed by atoms with Crippen molar-refractivity contribution in [2.75, 3.05) is 0 Å². The molecule has 1 fully saturated rings. The molecule has 1 saturated carbocycles. The van der Waals surface area contributed by atoms with Crippen molar-refractivity contribution in [3.63, 3.8) is 0 Å². The molecule has 3 heterocycles. The maximum absolute atomic E-state index is 4.76. The lowest BCUT2D eigenvalue weighted by Gasteiger charge is -2.35. The summed E-state index contributed by atoms with van der Waals surface area (Å²) in [4.78, 5) is 18.6. The van der Waals surface area contributed by atoms with E-state index in [1.54, 1.807) is 0 Å². The van der Waals surface area contributed by atoms with E-state index in [0.29, 0.717) is 0 Å². The SMILES string of the molecule is Cc1ncc(C2(Cc3nc4nccc(C)c4[nH]3)CCCCC2)s1. The Morgan fingerprint density at radius 3 is 2.70 bits per heavy atom. The fourth-order valence-electron chi connectivity index (χ4n) is 3.83. The average Bonchev–Trinajstić information content (AvgIpc) is 3.15. The fraction of sp³-hybridized carbons (Fsp3) is 0.500. The van der Waals surface area contributed by atoms with E-state index in [1.807, 2.05) is 23.6 Å². The van der Waals surface area contributed by atoms with E-state index < -0.39 is 0 Å². The first-order chi connectivity index (χ1) is 11.2. The molecule has 0 amide bonds. The third kappa shape index (κ3) is 2.67. The van der Waals surface area contributed by atoms with Gasteiger partial charge in [0.05, 0.1) is 10.5 Å². The number of nitrogens with zero attached hydrogens (tertiary/aromatic N) is 3. The van der Waals surface area contributed by atoms with Gasteiger partial charge in [0.15, 0.2) is 5.65 Å². The smallest absolute Gasteiger partial charge is 0.177 e. The third-order valence-electron chi connectivity index (χ3n) is 5.11. The van der Waals surface area contributed by atoms with Crippen LogP contribution in [0.4, 0.5) is 0 Å². The molecule has 5 heteroatoms. The molecule has 120 valence electrons. The number of rotatable bonds is 3. The molecule has 3 aromatic heterocycles. The Labute approximate surface area is 140 Å². The second kappa shape index (κ2) is 5.71. The molecule has 4 nitrogen and oxygen atoms in total. The first-order valence-electron chi connectivity index (χ1n) is 8.39. The molecule has 0 aromatic carbocycles. The Hall–Kier alpha value is -1.75. The van der Waals surface area contributed by atoms with E-state index >= 15 is 0 Å². The Bertz CT molecular complexity index is 827. The standard InChI is InChI=1S/C18H22N4S/c1-12-6-9-19-17-16(12)21-15(22-17)10-18(7-4-3-5-8-18)14-11-20-13(2)23-14/h6,9,11H,3-5,7-8,10H2,1-2H3,(H,19,21,22). The second-order valence-corrected chi connectivity index (χ2v) is 8.01. The summed E-state index contributed by atoms with van der Waals surface area (Å²) in [5, 5.41) is 1.16. The molecule has 0 atom stereocenters. The van der Waals surface area contributed by atoms with Crippen molar-refractivity contribution in [2.45, 2.75) is 57.8 Å². The summed E-state index contributed by atoms with van der Waals surface area (Å²) in [6, 6.07) is 2.03. The number of aryl methyl sites for hydroxylation is 2. The minimum Gasteiger partial charge on any atom is -0.340 e. The van der Waals surface area contributed by atoms with Gasteiger partial charge in [-0.3, -0.25) is 0 Å². The van der Waals surface area contributed by atoms with Crippen molar-refractivity contribution >= 4 is 22.5 Å². The second-order valence-electron chi connectivity index (χ2n) is 6.77. The summed E-state index contributed by atoms with van der Waals surface area (Å²) in [5.41, 5.74) is 3.33. The molecule has 0 unspecified atom stereocenters. The van der Waals surface area contributed by atoms with Gasteiger partial charge in [-0.15, -0.1) is 11.3 Å². The summed E-state index contributed by atoms with van der Waals surface area (Å²) in [6.07, 6.45) is 11.3.